The molecule has 0 saturated carbocycles. The molecule has 0 spiro atoms. The first-order valence-electron chi connectivity index (χ1n) is 8.17. The number of aryl methyl sites for hydroxylation is 1. The van der Waals surface area contributed by atoms with Crippen molar-refractivity contribution in [2.75, 3.05) is 6.61 Å². The number of hydrogen-bond donors (Lipinski definition) is 0. The molecule has 3 aromatic rings. The monoisotopic (exact) mass is 371 g/mol. The summed E-state index contributed by atoms with van der Waals surface area (Å²) >= 11 is 0. The van der Waals surface area contributed by atoms with Gasteiger partial charge in [0.05, 0.1) is 18.2 Å². The summed E-state index contributed by atoms with van der Waals surface area (Å²) in [6, 6.07) is 11.9. The molecule has 3 rings (SSSR count). The molecular weight excluding hydrogens is 356 g/mol. The Morgan fingerprint density at radius 3 is 2.59 bits per heavy atom. The van der Waals surface area contributed by atoms with E-state index in [1.807, 2.05) is 30.3 Å². The van der Waals surface area contributed by atoms with Gasteiger partial charge in [0.25, 0.3) is 0 Å². The number of esters is 1. The van der Waals surface area contributed by atoms with Crippen molar-refractivity contribution in [3.05, 3.63) is 77.8 Å². The van der Waals surface area contributed by atoms with Gasteiger partial charge in [0.15, 0.2) is 18.3 Å². The summed E-state index contributed by atoms with van der Waals surface area (Å²) in [4.78, 5) is 27.7. The maximum atomic E-state index is 13.5. The summed E-state index contributed by atoms with van der Waals surface area (Å²) in [6.45, 7) is -0.623. The first-order valence-corrected chi connectivity index (χ1v) is 8.17. The second-order valence-electron chi connectivity index (χ2n) is 5.69. The molecule has 0 aliphatic heterocycles. The van der Waals surface area contributed by atoms with Crippen LogP contribution in [0.1, 0.15) is 22.7 Å². The van der Waals surface area contributed by atoms with Crippen LogP contribution in [0.3, 0.4) is 0 Å². The van der Waals surface area contributed by atoms with Gasteiger partial charge in [-0.25, -0.2) is 13.8 Å². The third kappa shape index (κ3) is 4.84. The van der Waals surface area contributed by atoms with Gasteiger partial charge in [0.1, 0.15) is 11.6 Å². The largest absolute Gasteiger partial charge is 0.457 e. The maximum absolute atomic E-state index is 13.5. The van der Waals surface area contributed by atoms with E-state index < -0.39 is 30.0 Å². The highest BCUT2D eigenvalue weighted by molar-refractivity contribution is 5.98. The molecule has 0 radical (unpaired) electrons. The first kappa shape index (κ1) is 18.4. The zero-order chi connectivity index (χ0) is 19.2. The van der Waals surface area contributed by atoms with Gasteiger partial charge in [-0.05, 0) is 12.1 Å². The number of carbonyl (C=O) groups is 2. The van der Waals surface area contributed by atoms with E-state index in [-0.39, 0.29) is 18.4 Å². The van der Waals surface area contributed by atoms with Gasteiger partial charge in [-0.15, -0.1) is 0 Å². The number of rotatable bonds is 7. The van der Waals surface area contributed by atoms with E-state index in [0.29, 0.717) is 17.7 Å². The predicted molar refractivity (Wildman–Crippen MR) is 91.9 cm³/mol. The van der Waals surface area contributed by atoms with Gasteiger partial charge in [0, 0.05) is 18.1 Å². The number of carbonyl (C=O) groups excluding carboxylic acids is 2. The van der Waals surface area contributed by atoms with Gasteiger partial charge in [-0.2, -0.15) is 0 Å². The molecular formula is C20H15F2NO4. The number of halogens is 2. The number of ether oxygens (including phenoxy) is 1. The molecule has 0 aliphatic rings. The summed E-state index contributed by atoms with van der Waals surface area (Å²) in [5.41, 5.74) is 0.537. The van der Waals surface area contributed by atoms with Crippen molar-refractivity contribution in [2.45, 2.75) is 12.8 Å². The van der Waals surface area contributed by atoms with E-state index in [4.69, 9.17) is 9.15 Å². The lowest BCUT2D eigenvalue weighted by atomic mass is 10.1. The van der Waals surface area contributed by atoms with Crippen molar-refractivity contribution in [1.82, 2.24) is 4.98 Å². The van der Waals surface area contributed by atoms with E-state index in [0.717, 1.165) is 17.7 Å². The maximum Gasteiger partial charge on any atom is 0.306 e. The average molecular weight is 371 g/mol. The molecule has 1 aromatic heterocycles. The van der Waals surface area contributed by atoms with Crippen LogP contribution in [0.25, 0.3) is 11.3 Å². The Hall–Kier alpha value is -3.35. The Kier molecular flexibility index (Phi) is 5.71. The van der Waals surface area contributed by atoms with Crippen LogP contribution in [0.4, 0.5) is 8.78 Å². The highest BCUT2D eigenvalue weighted by atomic mass is 19.1. The Balaban J connectivity index is 1.49. The standard InChI is InChI=1S/C20H15F2NO4/c21-14-6-7-15(16(22)10-14)17(24)12-26-20(25)9-8-19-23-11-18(27-19)13-4-2-1-3-5-13/h1-7,10-11H,8-9,12H2. The van der Waals surface area contributed by atoms with Crippen LogP contribution < -0.4 is 0 Å². The fraction of sp³-hybridized carbons (Fsp3) is 0.150. The van der Waals surface area contributed by atoms with Crippen LogP contribution in [0.5, 0.6) is 0 Å². The average Bonchev–Trinajstić information content (AvgIpc) is 3.14. The van der Waals surface area contributed by atoms with E-state index >= 15 is 0 Å². The third-order valence-corrected chi connectivity index (χ3v) is 3.75. The highest BCUT2D eigenvalue weighted by Gasteiger charge is 2.15. The van der Waals surface area contributed by atoms with E-state index in [2.05, 4.69) is 4.98 Å². The minimum absolute atomic E-state index is 0.0477. The molecule has 0 saturated heterocycles. The number of benzene rings is 2. The SMILES string of the molecule is O=C(CCc1ncc(-c2ccccc2)o1)OCC(=O)c1ccc(F)cc1F. The van der Waals surface area contributed by atoms with Crippen LogP contribution >= 0.6 is 0 Å². The molecule has 2 aromatic carbocycles. The summed E-state index contributed by atoms with van der Waals surface area (Å²) in [5.74, 6) is -2.23. The molecule has 27 heavy (non-hydrogen) atoms. The second kappa shape index (κ2) is 8.35. The van der Waals surface area contributed by atoms with Crippen molar-refractivity contribution < 1.29 is 27.5 Å². The molecule has 0 unspecified atom stereocenters. The number of hydrogen-bond acceptors (Lipinski definition) is 5. The van der Waals surface area contributed by atoms with E-state index in [1.54, 1.807) is 6.20 Å². The summed E-state index contributed by atoms with van der Waals surface area (Å²) in [6.07, 6.45) is 1.72. The zero-order valence-corrected chi connectivity index (χ0v) is 14.2. The predicted octanol–water partition coefficient (Wildman–Crippen LogP) is 3.98. The molecule has 7 heteroatoms. The Morgan fingerprint density at radius 2 is 1.85 bits per heavy atom. The normalized spacial score (nSPS) is 10.6. The molecule has 0 N–H and O–H groups in total. The Labute approximate surface area is 153 Å². The number of ketones is 1. The molecule has 5 nitrogen and oxygen atoms in total. The van der Waals surface area contributed by atoms with Crippen molar-refractivity contribution in [3.8, 4) is 11.3 Å². The van der Waals surface area contributed by atoms with Crippen molar-refractivity contribution >= 4 is 11.8 Å². The minimum Gasteiger partial charge on any atom is -0.457 e. The van der Waals surface area contributed by atoms with Gasteiger partial charge in [0.2, 0.25) is 5.78 Å². The molecule has 0 atom stereocenters. The number of oxazole rings is 1. The van der Waals surface area contributed by atoms with Gasteiger partial charge in [-0.1, -0.05) is 30.3 Å². The topological polar surface area (TPSA) is 69.4 Å². The summed E-state index contributed by atoms with van der Waals surface area (Å²) in [5, 5.41) is 0. The highest BCUT2D eigenvalue weighted by Crippen LogP contribution is 2.20. The molecule has 0 amide bonds. The zero-order valence-electron chi connectivity index (χ0n) is 14.2. The van der Waals surface area contributed by atoms with Crippen LogP contribution in [0, 0.1) is 11.6 Å². The second-order valence-corrected chi connectivity index (χ2v) is 5.69. The van der Waals surface area contributed by atoms with Crippen LogP contribution in [-0.4, -0.2) is 23.3 Å². The lowest BCUT2D eigenvalue weighted by Gasteiger charge is -2.04. The molecule has 0 aliphatic carbocycles. The van der Waals surface area contributed by atoms with Crippen LogP contribution in [0.2, 0.25) is 0 Å². The molecule has 138 valence electrons. The molecule has 0 bridgehead atoms. The lowest BCUT2D eigenvalue weighted by Crippen LogP contribution is -2.15. The fourth-order valence-corrected chi connectivity index (χ4v) is 2.38. The fourth-order valence-electron chi connectivity index (χ4n) is 2.38. The van der Waals surface area contributed by atoms with Gasteiger partial charge >= 0.3 is 5.97 Å². The number of aromatic nitrogens is 1. The molecule has 1 heterocycles. The van der Waals surface area contributed by atoms with Crippen LogP contribution in [0.15, 0.2) is 59.1 Å². The molecule has 0 fully saturated rings. The first-order chi connectivity index (χ1) is 13.0. The van der Waals surface area contributed by atoms with Gasteiger partial charge in [-0.3, -0.25) is 9.59 Å². The Morgan fingerprint density at radius 1 is 1.07 bits per heavy atom. The smallest absolute Gasteiger partial charge is 0.306 e. The summed E-state index contributed by atoms with van der Waals surface area (Å²) < 4.78 is 36.8. The lowest BCUT2D eigenvalue weighted by molar-refractivity contribution is -0.142. The van der Waals surface area contributed by atoms with Crippen molar-refractivity contribution in [1.29, 1.82) is 0 Å². The number of Topliss-reactive ketones (excluding diaryl/α,β-unsaturated/α-hetero) is 1. The van der Waals surface area contributed by atoms with E-state index in [9.17, 15) is 18.4 Å². The minimum atomic E-state index is -0.996. The van der Waals surface area contributed by atoms with E-state index in [1.165, 1.54) is 0 Å². The van der Waals surface area contributed by atoms with Crippen LogP contribution in [-0.2, 0) is 16.0 Å². The quantitative estimate of drug-likeness (QED) is 0.464. The van der Waals surface area contributed by atoms with Crippen molar-refractivity contribution in [2.24, 2.45) is 0 Å². The number of nitrogens with zero attached hydrogens (tertiary/aromatic N) is 1. The third-order valence-electron chi connectivity index (χ3n) is 3.75. The summed E-state index contributed by atoms with van der Waals surface area (Å²) in [7, 11) is 0. The van der Waals surface area contributed by atoms with Crippen molar-refractivity contribution in [3.63, 3.8) is 0 Å². The Bertz CT molecular complexity index is 954. The van der Waals surface area contributed by atoms with Gasteiger partial charge < -0.3 is 9.15 Å².